The molecule has 0 aliphatic carbocycles. The van der Waals surface area contributed by atoms with Crippen molar-refractivity contribution in [1.29, 1.82) is 0 Å². The quantitative estimate of drug-likeness (QED) is 0.366. The molecule has 32 heavy (non-hydrogen) atoms. The number of nitrogens with zero attached hydrogens (tertiary/aromatic N) is 1. The number of rotatable bonds is 8. The molecular weight excluding hydrogens is 400 g/mol. The molecule has 3 aromatic carbocycles. The molecule has 2 N–H and O–H groups in total. The Morgan fingerprint density at radius 3 is 2.53 bits per heavy atom. The van der Waals surface area contributed by atoms with Gasteiger partial charge < -0.3 is 9.84 Å². The van der Waals surface area contributed by atoms with Crippen LogP contribution in [0.15, 0.2) is 79.0 Å². The van der Waals surface area contributed by atoms with Crippen molar-refractivity contribution in [2.24, 2.45) is 0 Å². The Kier molecular flexibility index (Phi) is 6.52. The van der Waals surface area contributed by atoms with Gasteiger partial charge in [0.15, 0.2) is 0 Å². The Morgan fingerprint density at radius 2 is 1.81 bits per heavy atom. The van der Waals surface area contributed by atoms with E-state index < -0.39 is 5.97 Å². The summed E-state index contributed by atoms with van der Waals surface area (Å²) in [5, 5.41) is 17.3. The highest BCUT2D eigenvalue weighted by Crippen LogP contribution is 2.29. The molecule has 0 aliphatic heterocycles. The van der Waals surface area contributed by atoms with E-state index in [1.807, 2.05) is 54.7 Å². The summed E-state index contributed by atoms with van der Waals surface area (Å²) in [6.07, 6.45) is 2.31. The van der Waals surface area contributed by atoms with E-state index in [0.29, 0.717) is 0 Å². The second kappa shape index (κ2) is 9.84. The number of ether oxygens (including phenoxy) is 1. The minimum atomic E-state index is -0.865. The highest BCUT2D eigenvalue weighted by atomic mass is 16.5. The molecule has 0 bridgehead atoms. The van der Waals surface area contributed by atoms with Crippen LogP contribution in [0.1, 0.15) is 42.1 Å². The molecule has 4 rings (SSSR count). The van der Waals surface area contributed by atoms with Crippen molar-refractivity contribution >= 4 is 16.9 Å². The van der Waals surface area contributed by atoms with E-state index in [9.17, 15) is 9.90 Å². The van der Waals surface area contributed by atoms with Gasteiger partial charge in [-0.3, -0.25) is 9.89 Å². The molecule has 1 aromatic heterocycles. The van der Waals surface area contributed by atoms with Crippen molar-refractivity contribution in [1.82, 2.24) is 10.2 Å². The molecule has 2 unspecified atom stereocenters. The first kappa shape index (κ1) is 21.2. The van der Waals surface area contributed by atoms with Crippen molar-refractivity contribution < 1.29 is 14.6 Å². The molecule has 0 fully saturated rings. The molecule has 5 heteroatoms. The summed E-state index contributed by atoms with van der Waals surface area (Å²) >= 11 is 0. The molecule has 0 saturated carbocycles. The third-order valence-corrected chi connectivity index (χ3v) is 5.36. The summed E-state index contributed by atoms with van der Waals surface area (Å²) < 4.78 is 6.42. The maximum absolute atomic E-state index is 11.2. The number of benzene rings is 3. The molecular formula is C27H24N2O3. The average molecular weight is 425 g/mol. The lowest BCUT2D eigenvalue weighted by atomic mass is 9.96. The predicted octanol–water partition coefficient (Wildman–Crippen LogP) is 5.51. The number of carboxylic acids is 1. The second-order valence-electron chi connectivity index (χ2n) is 7.63. The Labute approximate surface area is 187 Å². The summed E-state index contributed by atoms with van der Waals surface area (Å²) in [5.74, 6) is 5.33. The number of aromatic amines is 1. The minimum Gasteiger partial charge on any atom is -0.485 e. The number of hydrogen-bond donors (Lipinski definition) is 2. The van der Waals surface area contributed by atoms with Gasteiger partial charge in [-0.1, -0.05) is 54.5 Å². The maximum Gasteiger partial charge on any atom is 0.304 e. The highest BCUT2D eigenvalue weighted by Gasteiger charge is 2.17. The van der Waals surface area contributed by atoms with E-state index >= 15 is 0 Å². The number of H-pyrrole nitrogens is 1. The van der Waals surface area contributed by atoms with Gasteiger partial charge in [0, 0.05) is 11.8 Å². The zero-order chi connectivity index (χ0) is 22.3. The Hall–Kier alpha value is -4.04. The topological polar surface area (TPSA) is 75.2 Å². The van der Waals surface area contributed by atoms with E-state index in [1.54, 1.807) is 6.92 Å². The number of aliphatic carboxylic acids is 1. The van der Waals surface area contributed by atoms with Gasteiger partial charge in [0.2, 0.25) is 0 Å². The highest BCUT2D eigenvalue weighted by molar-refractivity contribution is 5.78. The summed E-state index contributed by atoms with van der Waals surface area (Å²) in [6, 6.07) is 24.0. The largest absolute Gasteiger partial charge is 0.485 e. The van der Waals surface area contributed by atoms with Crippen LogP contribution < -0.4 is 4.74 Å². The van der Waals surface area contributed by atoms with Crippen molar-refractivity contribution in [3.8, 4) is 17.6 Å². The van der Waals surface area contributed by atoms with Gasteiger partial charge in [0.05, 0.1) is 24.1 Å². The normalized spacial score (nSPS) is 12.5. The van der Waals surface area contributed by atoms with Gasteiger partial charge in [-0.15, -0.1) is 5.92 Å². The van der Waals surface area contributed by atoms with Crippen LogP contribution in [-0.4, -0.2) is 21.3 Å². The van der Waals surface area contributed by atoms with Crippen molar-refractivity contribution in [2.45, 2.75) is 31.8 Å². The summed E-state index contributed by atoms with van der Waals surface area (Å²) in [7, 11) is 0. The molecule has 160 valence electrons. The van der Waals surface area contributed by atoms with Gasteiger partial charge in [0.25, 0.3) is 0 Å². The summed E-state index contributed by atoms with van der Waals surface area (Å²) in [6.45, 7) is 1.72. The fourth-order valence-corrected chi connectivity index (χ4v) is 3.76. The van der Waals surface area contributed by atoms with E-state index in [1.165, 1.54) is 5.56 Å². The van der Waals surface area contributed by atoms with E-state index in [2.05, 4.69) is 46.3 Å². The van der Waals surface area contributed by atoms with Crippen LogP contribution in [0.2, 0.25) is 0 Å². The van der Waals surface area contributed by atoms with Crippen LogP contribution in [0.3, 0.4) is 0 Å². The molecule has 1 heterocycles. The SMILES string of the molecule is CC#CC(CC(=O)O)c1ccc(OC(Cc2ccccc2)c2ccc3[nH]ncc3c2)cc1. The van der Waals surface area contributed by atoms with Gasteiger partial charge in [-0.25, -0.2) is 0 Å². The predicted molar refractivity (Wildman–Crippen MR) is 124 cm³/mol. The lowest BCUT2D eigenvalue weighted by Gasteiger charge is -2.21. The zero-order valence-electron chi connectivity index (χ0n) is 17.8. The number of carboxylic acid groups (broad SMARTS) is 1. The van der Waals surface area contributed by atoms with Gasteiger partial charge in [-0.2, -0.15) is 5.10 Å². The monoisotopic (exact) mass is 424 g/mol. The number of hydrogen-bond acceptors (Lipinski definition) is 3. The van der Waals surface area contributed by atoms with Crippen LogP contribution >= 0.6 is 0 Å². The lowest BCUT2D eigenvalue weighted by molar-refractivity contribution is -0.137. The van der Waals surface area contributed by atoms with E-state index in [0.717, 1.165) is 34.2 Å². The fourth-order valence-electron chi connectivity index (χ4n) is 3.76. The standard InChI is InChI=1S/C27H24N2O3/c1-2-6-21(17-27(30)31)20-9-12-24(13-10-20)32-26(15-19-7-4-3-5-8-19)22-11-14-25-23(16-22)18-28-29-25/h3-5,7-14,16,18,21,26H,15,17H2,1H3,(H,28,29)(H,30,31). The average Bonchev–Trinajstić information content (AvgIpc) is 3.27. The van der Waals surface area contributed by atoms with Crippen molar-refractivity contribution in [3.63, 3.8) is 0 Å². The first-order valence-electron chi connectivity index (χ1n) is 10.5. The number of carbonyl (C=O) groups is 1. The van der Waals surface area contributed by atoms with E-state index in [-0.39, 0.29) is 18.4 Å². The number of aromatic nitrogens is 2. The molecule has 2 atom stereocenters. The van der Waals surface area contributed by atoms with Gasteiger partial charge in [0.1, 0.15) is 11.9 Å². The zero-order valence-corrected chi connectivity index (χ0v) is 17.8. The molecule has 4 aromatic rings. The van der Waals surface area contributed by atoms with Crippen molar-refractivity contribution in [2.75, 3.05) is 0 Å². The second-order valence-corrected chi connectivity index (χ2v) is 7.63. The number of fused-ring (bicyclic) bond motifs is 1. The molecule has 5 nitrogen and oxygen atoms in total. The molecule has 0 saturated heterocycles. The molecule has 0 radical (unpaired) electrons. The Balaban J connectivity index is 1.60. The summed E-state index contributed by atoms with van der Waals surface area (Å²) in [5.41, 5.74) is 4.10. The summed E-state index contributed by atoms with van der Waals surface area (Å²) in [4.78, 5) is 11.2. The van der Waals surface area contributed by atoms with Crippen LogP contribution in [0.5, 0.6) is 5.75 Å². The molecule has 0 amide bonds. The van der Waals surface area contributed by atoms with Crippen LogP contribution in [-0.2, 0) is 11.2 Å². The van der Waals surface area contributed by atoms with Crippen LogP contribution in [0, 0.1) is 11.8 Å². The molecule has 0 aliphatic rings. The first-order chi connectivity index (χ1) is 15.6. The van der Waals surface area contributed by atoms with Crippen LogP contribution in [0.4, 0.5) is 0 Å². The fraction of sp³-hybridized carbons (Fsp3) is 0.185. The third kappa shape index (κ3) is 5.16. The Morgan fingerprint density at radius 1 is 1.06 bits per heavy atom. The van der Waals surface area contributed by atoms with Gasteiger partial charge in [-0.05, 0) is 47.9 Å². The Bertz CT molecular complexity index is 1250. The first-order valence-corrected chi connectivity index (χ1v) is 10.5. The molecule has 0 spiro atoms. The lowest BCUT2D eigenvalue weighted by Crippen LogP contribution is -2.11. The third-order valence-electron chi connectivity index (χ3n) is 5.36. The van der Waals surface area contributed by atoms with Crippen LogP contribution in [0.25, 0.3) is 10.9 Å². The van der Waals surface area contributed by atoms with Gasteiger partial charge >= 0.3 is 5.97 Å². The maximum atomic E-state index is 11.2. The van der Waals surface area contributed by atoms with Crippen molar-refractivity contribution in [3.05, 3.63) is 95.7 Å². The smallest absolute Gasteiger partial charge is 0.304 e. The van der Waals surface area contributed by atoms with E-state index in [4.69, 9.17) is 4.74 Å². The number of nitrogens with one attached hydrogen (secondary N) is 1. The minimum absolute atomic E-state index is 0.0254.